The molecule has 1 saturated heterocycles. The number of fused-ring (bicyclic) bond motifs is 2. The normalized spacial score (nSPS) is 14.9. The third-order valence-electron chi connectivity index (χ3n) is 7.17. The smallest absolute Gasteiger partial charge is 0.251 e. The first kappa shape index (κ1) is 24.8. The zero-order valence-corrected chi connectivity index (χ0v) is 21.5. The number of benzene rings is 3. The summed E-state index contributed by atoms with van der Waals surface area (Å²) in [5, 5.41) is 2.72. The minimum Gasteiger partial charge on any atom is -0.492 e. The second kappa shape index (κ2) is 11.0. The van der Waals surface area contributed by atoms with Crippen molar-refractivity contribution < 1.29 is 14.3 Å². The minimum absolute atomic E-state index is 0.0265. The summed E-state index contributed by atoms with van der Waals surface area (Å²) in [6, 6.07) is 19.7. The van der Waals surface area contributed by atoms with Gasteiger partial charge in [-0.05, 0) is 78.5 Å². The van der Waals surface area contributed by atoms with Crippen LogP contribution in [-0.4, -0.2) is 50.0 Å². The quantitative estimate of drug-likeness (QED) is 0.509. The number of carbonyl (C=O) groups is 2. The van der Waals surface area contributed by atoms with E-state index in [4.69, 9.17) is 4.74 Å². The van der Waals surface area contributed by atoms with Crippen molar-refractivity contribution in [3.63, 3.8) is 0 Å². The van der Waals surface area contributed by atoms with Crippen LogP contribution in [0.15, 0.2) is 60.7 Å². The highest BCUT2D eigenvalue weighted by atomic mass is 16.5. The van der Waals surface area contributed by atoms with E-state index in [1.165, 1.54) is 12.8 Å². The highest BCUT2D eigenvalue weighted by molar-refractivity contribution is 6.01. The van der Waals surface area contributed by atoms with Gasteiger partial charge < -0.3 is 15.0 Å². The second-order valence-corrected chi connectivity index (χ2v) is 9.59. The Morgan fingerprint density at radius 2 is 1.73 bits per heavy atom. The van der Waals surface area contributed by atoms with Crippen LogP contribution in [0, 0.1) is 0 Å². The van der Waals surface area contributed by atoms with E-state index in [1.54, 1.807) is 18.9 Å². The Morgan fingerprint density at radius 3 is 2.51 bits per heavy atom. The summed E-state index contributed by atoms with van der Waals surface area (Å²) in [5.74, 6) is 0.661. The lowest BCUT2D eigenvalue weighted by atomic mass is 9.93. The van der Waals surface area contributed by atoms with E-state index in [9.17, 15) is 9.59 Å². The van der Waals surface area contributed by atoms with Crippen molar-refractivity contribution in [1.82, 2.24) is 10.2 Å². The Labute approximate surface area is 218 Å². The molecule has 0 bridgehead atoms. The predicted molar refractivity (Wildman–Crippen MR) is 149 cm³/mol. The van der Waals surface area contributed by atoms with E-state index < -0.39 is 0 Å². The molecule has 2 amide bonds. The molecule has 37 heavy (non-hydrogen) atoms. The molecule has 190 valence electrons. The van der Waals surface area contributed by atoms with Gasteiger partial charge in [-0.1, -0.05) is 42.5 Å². The Kier molecular flexibility index (Phi) is 7.37. The fourth-order valence-electron chi connectivity index (χ4n) is 5.16. The molecule has 6 heteroatoms. The highest BCUT2D eigenvalue weighted by Crippen LogP contribution is 2.34. The van der Waals surface area contributed by atoms with Crippen molar-refractivity contribution in [3.8, 4) is 16.9 Å². The molecule has 3 aromatic carbocycles. The largest absolute Gasteiger partial charge is 0.492 e. The SMILES string of the molecule is CNC(=O)c1ccccc1-c1ccc2c(c1)CN(C(C)=O)c1ccc(OCCN3CCCC3)cc1C=C2. The first-order chi connectivity index (χ1) is 18.0. The van der Waals surface area contributed by atoms with Gasteiger partial charge in [-0.25, -0.2) is 0 Å². The third kappa shape index (κ3) is 5.44. The molecule has 0 aliphatic carbocycles. The number of anilines is 1. The summed E-state index contributed by atoms with van der Waals surface area (Å²) in [5.41, 5.74) is 6.30. The van der Waals surface area contributed by atoms with Crippen LogP contribution in [-0.2, 0) is 11.3 Å². The molecule has 0 saturated carbocycles. The molecule has 1 fully saturated rings. The van der Waals surface area contributed by atoms with Crippen LogP contribution in [0.1, 0.15) is 46.8 Å². The van der Waals surface area contributed by atoms with Gasteiger partial charge in [0.1, 0.15) is 12.4 Å². The highest BCUT2D eigenvalue weighted by Gasteiger charge is 2.20. The first-order valence-corrected chi connectivity index (χ1v) is 12.9. The molecule has 0 radical (unpaired) electrons. The molecular weight excluding hydrogens is 462 g/mol. The van der Waals surface area contributed by atoms with Crippen LogP contribution in [0.2, 0.25) is 0 Å². The zero-order chi connectivity index (χ0) is 25.8. The number of likely N-dealkylation sites (tertiary alicyclic amines) is 1. The topological polar surface area (TPSA) is 61.9 Å². The number of hydrogen-bond donors (Lipinski definition) is 1. The van der Waals surface area contributed by atoms with Crippen LogP contribution >= 0.6 is 0 Å². The lowest BCUT2D eigenvalue weighted by molar-refractivity contribution is -0.116. The van der Waals surface area contributed by atoms with Gasteiger partial charge in [0.05, 0.1) is 12.2 Å². The fraction of sp³-hybridized carbons (Fsp3) is 0.290. The molecule has 1 N–H and O–H groups in total. The molecule has 0 spiro atoms. The van der Waals surface area contributed by atoms with Gasteiger partial charge in [0, 0.05) is 31.6 Å². The van der Waals surface area contributed by atoms with Crippen molar-refractivity contribution >= 4 is 29.7 Å². The Hall–Kier alpha value is -3.90. The third-order valence-corrected chi connectivity index (χ3v) is 7.17. The Balaban J connectivity index is 1.45. The van der Waals surface area contributed by atoms with Crippen molar-refractivity contribution in [2.75, 3.05) is 38.2 Å². The van der Waals surface area contributed by atoms with E-state index in [0.717, 1.165) is 58.9 Å². The van der Waals surface area contributed by atoms with Crippen molar-refractivity contribution in [2.24, 2.45) is 0 Å². The number of hydrogen-bond acceptors (Lipinski definition) is 4. The summed E-state index contributed by atoms with van der Waals surface area (Å²) in [6.07, 6.45) is 6.69. The average Bonchev–Trinajstić information content (AvgIpc) is 3.43. The summed E-state index contributed by atoms with van der Waals surface area (Å²) in [7, 11) is 1.64. The number of rotatable bonds is 6. The van der Waals surface area contributed by atoms with E-state index >= 15 is 0 Å². The van der Waals surface area contributed by atoms with E-state index in [0.29, 0.717) is 18.7 Å². The van der Waals surface area contributed by atoms with Gasteiger partial charge in [-0.15, -0.1) is 0 Å². The van der Waals surface area contributed by atoms with Crippen LogP contribution < -0.4 is 15.0 Å². The average molecular weight is 496 g/mol. The summed E-state index contributed by atoms with van der Waals surface area (Å²) >= 11 is 0. The maximum atomic E-state index is 12.8. The second-order valence-electron chi connectivity index (χ2n) is 9.59. The number of nitrogens with zero attached hydrogens (tertiary/aromatic N) is 2. The van der Waals surface area contributed by atoms with Crippen molar-refractivity contribution in [3.05, 3.63) is 82.9 Å². The first-order valence-electron chi connectivity index (χ1n) is 12.9. The van der Waals surface area contributed by atoms with Gasteiger partial charge in [0.15, 0.2) is 0 Å². The van der Waals surface area contributed by atoms with Gasteiger partial charge >= 0.3 is 0 Å². The Morgan fingerprint density at radius 1 is 0.946 bits per heavy atom. The predicted octanol–water partition coefficient (Wildman–Crippen LogP) is 5.22. The monoisotopic (exact) mass is 495 g/mol. The summed E-state index contributed by atoms with van der Waals surface area (Å²) in [4.78, 5) is 29.5. The van der Waals surface area contributed by atoms with Crippen LogP contribution in [0.5, 0.6) is 5.75 Å². The van der Waals surface area contributed by atoms with Gasteiger partial charge in [-0.3, -0.25) is 14.5 Å². The maximum absolute atomic E-state index is 12.8. The summed E-state index contributed by atoms with van der Waals surface area (Å²) < 4.78 is 6.06. The van der Waals surface area contributed by atoms with Crippen LogP contribution in [0.3, 0.4) is 0 Å². The molecule has 2 aliphatic rings. The molecule has 2 heterocycles. The lowest BCUT2D eigenvalue weighted by Crippen LogP contribution is -2.29. The van der Waals surface area contributed by atoms with E-state index in [2.05, 4.69) is 34.5 Å². The summed E-state index contributed by atoms with van der Waals surface area (Å²) in [6.45, 7) is 5.94. The van der Waals surface area contributed by atoms with Crippen LogP contribution in [0.25, 0.3) is 23.3 Å². The zero-order valence-electron chi connectivity index (χ0n) is 21.5. The number of amides is 2. The molecule has 0 unspecified atom stereocenters. The van der Waals surface area contributed by atoms with Gasteiger partial charge in [-0.2, -0.15) is 0 Å². The molecular formula is C31H33N3O3. The van der Waals surface area contributed by atoms with Crippen molar-refractivity contribution in [1.29, 1.82) is 0 Å². The lowest BCUT2D eigenvalue weighted by Gasteiger charge is -2.27. The van der Waals surface area contributed by atoms with Crippen LogP contribution in [0.4, 0.5) is 5.69 Å². The van der Waals surface area contributed by atoms with Gasteiger partial charge in [0.2, 0.25) is 5.91 Å². The standard InChI is InChI=1S/C31H33N3O3/c1-22(35)34-21-26-19-24(28-7-3-4-8-29(28)31(36)32-2)11-9-23(26)10-12-25-20-27(13-14-30(25)34)37-18-17-33-15-5-6-16-33/h3-4,7-14,19-20H,5-6,15-18,21H2,1-2H3,(H,32,36). The molecule has 6 nitrogen and oxygen atoms in total. The fourth-order valence-corrected chi connectivity index (χ4v) is 5.16. The maximum Gasteiger partial charge on any atom is 0.251 e. The van der Waals surface area contributed by atoms with E-state index in [-0.39, 0.29) is 11.8 Å². The number of carbonyl (C=O) groups excluding carboxylic acids is 2. The molecule has 5 rings (SSSR count). The van der Waals surface area contributed by atoms with Crippen molar-refractivity contribution in [2.45, 2.75) is 26.3 Å². The molecule has 2 aliphatic heterocycles. The van der Waals surface area contributed by atoms with Gasteiger partial charge in [0.25, 0.3) is 5.91 Å². The number of nitrogens with one attached hydrogen (secondary N) is 1. The molecule has 0 aromatic heterocycles. The Bertz CT molecular complexity index is 1340. The number of ether oxygens (including phenoxy) is 1. The van der Waals surface area contributed by atoms with E-state index in [1.807, 2.05) is 48.5 Å². The minimum atomic E-state index is -0.125. The molecule has 0 atom stereocenters. The molecule has 3 aromatic rings.